The number of nitrogens with two attached hydrogens (primary N) is 1. The molecular weight excluding hydrogens is 276 g/mol. The lowest BCUT2D eigenvalue weighted by Crippen LogP contribution is -2.52. The molecule has 1 aromatic rings. The summed E-state index contributed by atoms with van der Waals surface area (Å²) >= 11 is 1.95. The molecule has 0 radical (unpaired) electrons. The van der Waals surface area contributed by atoms with Crippen molar-refractivity contribution in [3.63, 3.8) is 0 Å². The van der Waals surface area contributed by atoms with Gasteiger partial charge in [-0.15, -0.1) is 11.3 Å². The van der Waals surface area contributed by atoms with Gasteiger partial charge in [-0.3, -0.25) is 4.90 Å². The van der Waals surface area contributed by atoms with Crippen molar-refractivity contribution < 1.29 is 0 Å². The summed E-state index contributed by atoms with van der Waals surface area (Å²) in [5, 5.41) is 0. The van der Waals surface area contributed by atoms with Gasteiger partial charge in [-0.2, -0.15) is 0 Å². The summed E-state index contributed by atoms with van der Waals surface area (Å²) in [6.07, 6.45) is 9.56. The topological polar surface area (TPSA) is 29.3 Å². The van der Waals surface area contributed by atoms with Crippen molar-refractivity contribution in [1.29, 1.82) is 0 Å². The van der Waals surface area contributed by atoms with Crippen LogP contribution in [0.25, 0.3) is 0 Å². The monoisotopic (exact) mass is 306 g/mol. The molecule has 2 unspecified atom stereocenters. The Kier molecular flexibility index (Phi) is 5.03. The lowest BCUT2D eigenvalue weighted by Gasteiger charge is -2.48. The van der Waals surface area contributed by atoms with E-state index in [9.17, 15) is 0 Å². The molecule has 1 saturated carbocycles. The third kappa shape index (κ3) is 3.20. The van der Waals surface area contributed by atoms with E-state index in [0.29, 0.717) is 6.04 Å². The third-order valence-corrected chi connectivity index (χ3v) is 6.64. The van der Waals surface area contributed by atoms with E-state index in [0.717, 1.165) is 18.4 Å². The van der Waals surface area contributed by atoms with Gasteiger partial charge in [-0.1, -0.05) is 19.8 Å². The van der Waals surface area contributed by atoms with E-state index in [1.165, 1.54) is 54.8 Å². The van der Waals surface area contributed by atoms with E-state index in [4.69, 9.17) is 5.73 Å². The number of hydrogen-bond acceptors (Lipinski definition) is 3. The molecule has 1 aliphatic heterocycles. The van der Waals surface area contributed by atoms with Crippen LogP contribution in [0.15, 0.2) is 12.1 Å². The van der Waals surface area contributed by atoms with Crippen LogP contribution in [0.2, 0.25) is 0 Å². The largest absolute Gasteiger partial charge is 0.326 e. The predicted octanol–water partition coefficient (Wildman–Crippen LogP) is 4.49. The van der Waals surface area contributed by atoms with Crippen LogP contribution in [0.1, 0.15) is 67.7 Å². The fourth-order valence-electron chi connectivity index (χ4n) is 4.46. The number of likely N-dealkylation sites (tertiary alicyclic amines) is 1. The number of piperidine rings is 1. The van der Waals surface area contributed by atoms with Crippen LogP contribution < -0.4 is 5.73 Å². The molecule has 21 heavy (non-hydrogen) atoms. The zero-order valence-corrected chi connectivity index (χ0v) is 14.4. The maximum Gasteiger partial charge on any atom is 0.0595 e. The van der Waals surface area contributed by atoms with Crippen LogP contribution in [0.5, 0.6) is 0 Å². The standard InChI is InChI=1S/C18H30N2S/c1-3-15(19)18(17-11-10-13(2)21-17)20-12-6-8-14-7-4-5-9-16(14)20/h10-11,14-16,18H,3-9,12,19H2,1-2H3/t14-,15?,16-,18?/m1/s1. The molecule has 3 rings (SSSR count). The van der Waals surface area contributed by atoms with E-state index in [1.807, 2.05) is 11.3 Å². The molecule has 0 amide bonds. The third-order valence-electron chi connectivity index (χ3n) is 5.57. The van der Waals surface area contributed by atoms with Crippen molar-refractivity contribution >= 4 is 11.3 Å². The molecule has 2 heterocycles. The van der Waals surface area contributed by atoms with Gasteiger partial charge in [-0.25, -0.2) is 0 Å². The fourth-order valence-corrected chi connectivity index (χ4v) is 5.54. The number of hydrogen-bond donors (Lipinski definition) is 1. The van der Waals surface area contributed by atoms with Crippen LogP contribution in [-0.2, 0) is 0 Å². The number of nitrogens with zero attached hydrogens (tertiary/aromatic N) is 1. The van der Waals surface area contributed by atoms with Gasteiger partial charge in [0.2, 0.25) is 0 Å². The molecule has 1 aliphatic carbocycles. The summed E-state index contributed by atoms with van der Waals surface area (Å²) in [6, 6.07) is 6.09. The lowest BCUT2D eigenvalue weighted by molar-refractivity contribution is 0.0167. The molecule has 0 bridgehead atoms. The summed E-state index contributed by atoms with van der Waals surface area (Å²) < 4.78 is 0. The minimum Gasteiger partial charge on any atom is -0.326 e. The van der Waals surface area contributed by atoms with Crippen LogP contribution in [0.4, 0.5) is 0 Å². The molecular formula is C18H30N2S. The van der Waals surface area contributed by atoms with E-state index in [1.54, 1.807) is 0 Å². The molecule has 0 spiro atoms. The summed E-state index contributed by atoms with van der Waals surface area (Å²) in [5.41, 5.74) is 6.58. The first-order valence-electron chi connectivity index (χ1n) is 8.78. The molecule has 2 N–H and O–H groups in total. The lowest BCUT2D eigenvalue weighted by atomic mass is 9.77. The first-order chi connectivity index (χ1) is 10.2. The van der Waals surface area contributed by atoms with Crippen LogP contribution in [0, 0.1) is 12.8 Å². The maximum absolute atomic E-state index is 6.58. The molecule has 118 valence electrons. The Balaban J connectivity index is 1.87. The first-order valence-corrected chi connectivity index (χ1v) is 9.60. The normalized spacial score (nSPS) is 29.9. The number of rotatable bonds is 4. The van der Waals surface area contributed by atoms with Gasteiger partial charge in [0.15, 0.2) is 0 Å². The van der Waals surface area contributed by atoms with Crippen molar-refractivity contribution in [3.05, 3.63) is 21.9 Å². The van der Waals surface area contributed by atoms with Gasteiger partial charge in [0.1, 0.15) is 0 Å². The van der Waals surface area contributed by atoms with Gasteiger partial charge in [0, 0.05) is 21.8 Å². The smallest absolute Gasteiger partial charge is 0.0595 e. The number of fused-ring (bicyclic) bond motifs is 1. The Morgan fingerprint density at radius 1 is 1.24 bits per heavy atom. The Bertz CT molecular complexity index is 454. The maximum atomic E-state index is 6.58. The molecule has 2 nitrogen and oxygen atoms in total. The summed E-state index contributed by atoms with van der Waals surface area (Å²) in [7, 11) is 0. The fraction of sp³-hybridized carbons (Fsp3) is 0.778. The van der Waals surface area contributed by atoms with Crippen molar-refractivity contribution in [3.8, 4) is 0 Å². The molecule has 2 aliphatic rings. The number of thiophene rings is 1. The Morgan fingerprint density at radius 3 is 2.71 bits per heavy atom. The Hall–Kier alpha value is -0.380. The van der Waals surface area contributed by atoms with Crippen LogP contribution in [0.3, 0.4) is 0 Å². The highest BCUT2D eigenvalue weighted by Gasteiger charge is 2.39. The van der Waals surface area contributed by atoms with Gasteiger partial charge < -0.3 is 5.73 Å². The first kappa shape index (κ1) is 15.5. The van der Waals surface area contributed by atoms with Gasteiger partial charge in [0.25, 0.3) is 0 Å². The average molecular weight is 307 g/mol. The molecule has 4 atom stereocenters. The van der Waals surface area contributed by atoms with Crippen molar-refractivity contribution in [2.24, 2.45) is 11.7 Å². The van der Waals surface area contributed by atoms with Crippen LogP contribution >= 0.6 is 11.3 Å². The zero-order chi connectivity index (χ0) is 14.8. The van der Waals surface area contributed by atoms with Crippen molar-refractivity contribution in [1.82, 2.24) is 4.90 Å². The van der Waals surface area contributed by atoms with Crippen molar-refractivity contribution in [2.75, 3.05) is 6.54 Å². The summed E-state index contributed by atoms with van der Waals surface area (Å²) in [4.78, 5) is 5.70. The van der Waals surface area contributed by atoms with Crippen LogP contribution in [-0.4, -0.2) is 23.5 Å². The highest BCUT2D eigenvalue weighted by molar-refractivity contribution is 7.12. The van der Waals surface area contributed by atoms with Crippen molar-refractivity contribution in [2.45, 2.75) is 76.9 Å². The second-order valence-electron chi connectivity index (χ2n) is 6.96. The van der Waals surface area contributed by atoms with E-state index >= 15 is 0 Å². The van der Waals surface area contributed by atoms with E-state index in [-0.39, 0.29) is 6.04 Å². The second-order valence-corrected chi connectivity index (χ2v) is 8.28. The van der Waals surface area contributed by atoms with Gasteiger partial charge >= 0.3 is 0 Å². The average Bonchev–Trinajstić information content (AvgIpc) is 2.93. The minimum absolute atomic E-state index is 0.267. The minimum atomic E-state index is 0.267. The summed E-state index contributed by atoms with van der Waals surface area (Å²) in [6.45, 7) is 5.69. The predicted molar refractivity (Wildman–Crippen MR) is 91.7 cm³/mol. The zero-order valence-electron chi connectivity index (χ0n) is 13.6. The number of aryl methyl sites for hydroxylation is 1. The van der Waals surface area contributed by atoms with Gasteiger partial charge in [-0.05, 0) is 63.6 Å². The highest BCUT2D eigenvalue weighted by atomic mass is 32.1. The second kappa shape index (κ2) is 6.80. The molecule has 1 aromatic heterocycles. The van der Waals surface area contributed by atoms with Gasteiger partial charge in [0.05, 0.1) is 6.04 Å². The molecule has 1 saturated heterocycles. The molecule has 3 heteroatoms. The molecule has 0 aromatic carbocycles. The SMILES string of the molecule is CCC(N)C(c1ccc(C)s1)N1CCC[C@H]2CCCC[C@H]21. The van der Waals surface area contributed by atoms with E-state index in [2.05, 4.69) is 30.9 Å². The summed E-state index contributed by atoms with van der Waals surface area (Å²) in [5.74, 6) is 0.931. The van der Waals surface area contributed by atoms with E-state index < -0.39 is 0 Å². The quantitative estimate of drug-likeness (QED) is 0.888. The highest BCUT2D eigenvalue weighted by Crippen LogP contribution is 2.41. The Labute approximate surface area is 133 Å². The molecule has 2 fully saturated rings. The Morgan fingerprint density at radius 2 is 2.00 bits per heavy atom.